The quantitative estimate of drug-likeness (QED) is 0.358. The van der Waals surface area contributed by atoms with E-state index in [1.165, 1.54) is 69.9 Å². The van der Waals surface area contributed by atoms with Gasteiger partial charge in [-0.25, -0.2) is 4.98 Å². The molecule has 2 unspecified atom stereocenters. The second-order valence-corrected chi connectivity index (χ2v) is 7.62. The Balaban J connectivity index is 2.39. The summed E-state index contributed by atoms with van der Waals surface area (Å²) >= 11 is 0. The van der Waals surface area contributed by atoms with Crippen LogP contribution in [0.3, 0.4) is 0 Å². The van der Waals surface area contributed by atoms with Gasteiger partial charge in [0.05, 0.1) is 11.4 Å². The van der Waals surface area contributed by atoms with Crippen LogP contribution < -0.4 is 10.6 Å². The van der Waals surface area contributed by atoms with Crippen molar-refractivity contribution < 1.29 is 0 Å². The molecule has 1 heterocycles. The Bertz CT molecular complexity index is 459. The molecular formula is C22H41N3. The molecular weight excluding hydrogens is 306 g/mol. The zero-order chi connectivity index (χ0) is 18.5. The van der Waals surface area contributed by atoms with Gasteiger partial charge in [0.15, 0.2) is 0 Å². The van der Waals surface area contributed by atoms with Crippen LogP contribution in [0.1, 0.15) is 97.6 Å². The number of aryl methyl sites for hydroxylation is 1. The van der Waals surface area contributed by atoms with Crippen molar-refractivity contribution in [2.24, 2.45) is 0 Å². The van der Waals surface area contributed by atoms with E-state index in [1.54, 1.807) is 0 Å². The molecule has 0 spiro atoms. The van der Waals surface area contributed by atoms with Crippen molar-refractivity contribution in [3.05, 3.63) is 17.8 Å². The smallest absolute Gasteiger partial charge is 0.126 e. The van der Waals surface area contributed by atoms with Crippen molar-refractivity contribution in [3.8, 4) is 0 Å². The van der Waals surface area contributed by atoms with Gasteiger partial charge in [-0.05, 0) is 45.7 Å². The SMILES string of the molecule is CCCCCCC(C)Nc1ccc(NC(C)CCCCCC)c(C)n1. The summed E-state index contributed by atoms with van der Waals surface area (Å²) in [7, 11) is 0. The zero-order valence-corrected chi connectivity index (χ0v) is 17.3. The minimum absolute atomic E-state index is 0.486. The van der Waals surface area contributed by atoms with Crippen molar-refractivity contribution in [2.45, 2.75) is 111 Å². The highest BCUT2D eigenvalue weighted by atomic mass is 15.0. The highest BCUT2D eigenvalue weighted by Gasteiger charge is 2.08. The van der Waals surface area contributed by atoms with Gasteiger partial charge in [-0.1, -0.05) is 65.2 Å². The standard InChI is InChI=1S/C22H41N3/c1-6-8-10-12-14-18(3)23-21-16-17-22(25-20(21)5)24-19(4)15-13-11-9-7-2/h16-19,23H,6-15H2,1-5H3,(H,24,25). The molecule has 0 saturated heterocycles. The second kappa shape index (κ2) is 13.0. The molecule has 0 radical (unpaired) electrons. The average molecular weight is 348 g/mol. The van der Waals surface area contributed by atoms with Crippen LogP contribution in [-0.2, 0) is 0 Å². The first-order chi connectivity index (χ1) is 12.1. The molecule has 3 heteroatoms. The van der Waals surface area contributed by atoms with Crippen LogP contribution in [0.2, 0.25) is 0 Å². The first-order valence-electron chi connectivity index (χ1n) is 10.6. The van der Waals surface area contributed by atoms with E-state index in [1.807, 2.05) is 0 Å². The summed E-state index contributed by atoms with van der Waals surface area (Å²) < 4.78 is 0. The molecule has 0 aliphatic carbocycles. The second-order valence-electron chi connectivity index (χ2n) is 7.62. The topological polar surface area (TPSA) is 37.0 Å². The van der Waals surface area contributed by atoms with Crippen molar-refractivity contribution in [2.75, 3.05) is 10.6 Å². The lowest BCUT2D eigenvalue weighted by Gasteiger charge is -2.19. The van der Waals surface area contributed by atoms with Crippen molar-refractivity contribution in [3.63, 3.8) is 0 Å². The van der Waals surface area contributed by atoms with Gasteiger partial charge < -0.3 is 10.6 Å². The van der Waals surface area contributed by atoms with Gasteiger partial charge in [0.1, 0.15) is 5.82 Å². The highest BCUT2D eigenvalue weighted by molar-refractivity contribution is 5.53. The predicted molar refractivity (Wildman–Crippen MR) is 113 cm³/mol. The minimum Gasteiger partial charge on any atom is -0.381 e. The van der Waals surface area contributed by atoms with E-state index in [4.69, 9.17) is 4.98 Å². The summed E-state index contributed by atoms with van der Waals surface area (Å²) in [4.78, 5) is 4.75. The Morgan fingerprint density at radius 1 is 0.800 bits per heavy atom. The van der Waals surface area contributed by atoms with E-state index in [-0.39, 0.29) is 0 Å². The number of hydrogen-bond donors (Lipinski definition) is 2. The minimum atomic E-state index is 0.486. The summed E-state index contributed by atoms with van der Waals surface area (Å²) in [5, 5.41) is 7.18. The number of nitrogens with one attached hydrogen (secondary N) is 2. The highest BCUT2D eigenvalue weighted by Crippen LogP contribution is 2.19. The van der Waals surface area contributed by atoms with E-state index in [0.29, 0.717) is 12.1 Å². The van der Waals surface area contributed by atoms with Gasteiger partial charge in [-0.2, -0.15) is 0 Å². The van der Waals surface area contributed by atoms with Gasteiger partial charge in [0, 0.05) is 12.1 Å². The Hall–Kier alpha value is -1.25. The monoisotopic (exact) mass is 347 g/mol. The molecule has 25 heavy (non-hydrogen) atoms. The third-order valence-electron chi connectivity index (χ3n) is 4.86. The van der Waals surface area contributed by atoms with Gasteiger partial charge in [0.25, 0.3) is 0 Å². The fourth-order valence-corrected chi connectivity index (χ4v) is 3.21. The molecule has 0 amide bonds. The third kappa shape index (κ3) is 9.72. The van der Waals surface area contributed by atoms with E-state index in [0.717, 1.165) is 11.5 Å². The largest absolute Gasteiger partial charge is 0.381 e. The Morgan fingerprint density at radius 2 is 1.36 bits per heavy atom. The maximum atomic E-state index is 4.75. The number of pyridine rings is 1. The van der Waals surface area contributed by atoms with Crippen LogP contribution in [-0.4, -0.2) is 17.1 Å². The Kier molecular flexibility index (Phi) is 11.3. The molecule has 3 nitrogen and oxygen atoms in total. The number of aromatic nitrogens is 1. The molecule has 2 N–H and O–H groups in total. The molecule has 0 aliphatic rings. The van der Waals surface area contributed by atoms with Crippen molar-refractivity contribution in [1.82, 2.24) is 4.98 Å². The van der Waals surface area contributed by atoms with E-state index >= 15 is 0 Å². The van der Waals surface area contributed by atoms with Crippen molar-refractivity contribution in [1.29, 1.82) is 0 Å². The van der Waals surface area contributed by atoms with Gasteiger partial charge in [0.2, 0.25) is 0 Å². The molecule has 0 aliphatic heterocycles. The molecule has 2 atom stereocenters. The fraction of sp³-hybridized carbons (Fsp3) is 0.773. The number of anilines is 2. The summed E-state index contributed by atoms with van der Waals surface area (Å²) in [6.07, 6.45) is 13.0. The molecule has 0 saturated carbocycles. The predicted octanol–water partition coefficient (Wildman–Crippen LogP) is 6.93. The normalized spacial score (nSPS) is 13.5. The van der Waals surface area contributed by atoms with Crippen LogP contribution in [0.4, 0.5) is 11.5 Å². The summed E-state index contributed by atoms with van der Waals surface area (Å²) in [5.74, 6) is 1.00. The maximum Gasteiger partial charge on any atom is 0.126 e. The first-order valence-corrected chi connectivity index (χ1v) is 10.6. The summed E-state index contributed by atoms with van der Waals surface area (Å²) in [6.45, 7) is 11.2. The van der Waals surface area contributed by atoms with Crippen molar-refractivity contribution >= 4 is 11.5 Å². The van der Waals surface area contributed by atoms with Crippen LogP contribution in [0.25, 0.3) is 0 Å². The molecule has 0 aromatic carbocycles. The van der Waals surface area contributed by atoms with E-state index < -0.39 is 0 Å². The third-order valence-corrected chi connectivity index (χ3v) is 4.86. The molecule has 144 valence electrons. The van der Waals surface area contributed by atoms with Crippen LogP contribution in [0.5, 0.6) is 0 Å². The number of nitrogens with zero attached hydrogens (tertiary/aromatic N) is 1. The van der Waals surface area contributed by atoms with E-state index in [2.05, 4.69) is 57.4 Å². The Labute approximate surface area is 156 Å². The molecule has 1 aromatic rings. The lowest BCUT2D eigenvalue weighted by Crippen LogP contribution is -2.18. The van der Waals surface area contributed by atoms with Crippen LogP contribution >= 0.6 is 0 Å². The van der Waals surface area contributed by atoms with Gasteiger partial charge >= 0.3 is 0 Å². The fourth-order valence-electron chi connectivity index (χ4n) is 3.21. The summed E-state index contributed by atoms with van der Waals surface area (Å²) in [5.41, 5.74) is 2.26. The molecule has 0 bridgehead atoms. The van der Waals surface area contributed by atoms with Crippen LogP contribution in [0, 0.1) is 6.92 Å². The zero-order valence-electron chi connectivity index (χ0n) is 17.3. The number of hydrogen-bond acceptors (Lipinski definition) is 3. The lowest BCUT2D eigenvalue weighted by atomic mass is 10.1. The van der Waals surface area contributed by atoms with E-state index in [9.17, 15) is 0 Å². The number of unbranched alkanes of at least 4 members (excludes halogenated alkanes) is 6. The molecule has 1 aromatic heterocycles. The number of rotatable bonds is 14. The molecule has 0 fully saturated rings. The lowest BCUT2D eigenvalue weighted by molar-refractivity contribution is 0.592. The maximum absolute atomic E-state index is 4.75. The Morgan fingerprint density at radius 3 is 1.88 bits per heavy atom. The first kappa shape index (κ1) is 21.8. The molecule has 1 rings (SSSR count). The van der Waals surface area contributed by atoms with Crippen LogP contribution in [0.15, 0.2) is 12.1 Å². The average Bonchev–Trinajstić information content (AvgIpc) is 2.58. The summed E-state index contributed by atoms with van der Waals surface area (Å²) in [6, 6.07) is 5.28. The van der Waals surface area contributed by atoms with Gasteiger partial charge in [-0.15, -0.1) is 0 Å². The van der Waals surface area contributed by atoms with Gasteiger partial charge in [-0.3, -0.25) is 0 Å².